The van der Waals surface area contributed by atoms with Gasteiger partial charge in [-0.15, -0.1) is 0 Å². The molecule has 0 saturated heterocycles. The van der Waals surface area contributed by atoms with Gasteiger partial charge in [0.05, 0.1) is 26.4 Å². The van der Waals surface area contributed by atoms with E-state index in [-0.39, 0.29) is 25.7 Å². The van der Waals surface area contributed by atoms with Crippen LogP contribution in [0.2, 0.25) is 0 Å². The molecule has 0 amide bonds. The van der Waals surface area contributed by atoms with Crippen LogP contribution in [-0.4, -0.2) is 96.7 Å². The van der Waals surface area contributed by atoms with Crippen LogP contribution in [-0.2, 0) is 65.4 Å². The fourth-order valence-electron chi connectivity index (χ4n) is 13.2. The molecule has 4 unspecified atom stereocenters. The van der Waals surface area contributed by atoms with E-state index in [2.05, 4.69) is 41.5 Å². The maximum Gasteiger partial charge on any atom is 0.472 e. The molecule has 0 radical (unpaired) electrons. The van der Waals surface area contributed by atoms with E-state index in [0.29, 0.717) is 25.7 Å². The Labute approximate surface area is 638 Å². The third-order valence-electron chi connectivity index (χ3n) is 20.7. The van der Waals surface area contributed by atoms with Gasteiger partial charge < -0.3 is 33.8 Å². The molecular formula is C85H166O17P2. The summed E-state index contributed by atoms with van der Waals surface area (Å²) in [6.07, 6.45) is 67.9. The number of ether oxygens (including phenoxy) is 4. The predicted octanol–water partition coefficient (Wildman–Crippen LogP) is 25.8. The standard InChI is InChI=1S/C85H166O17P2/c1-7-11-13-15-17-19-21-23-24-25-29-32-35-39-43-50-56-62-68-83(88)95-73-80(101-84(89)69-63-57-51-44-40-36-33-30-27-26-28-31-34-37-41-47-53-59-65-77(5)9-3)75-99-103(91,92)97-71-79(86)72-98-104(93,94)100-76-81(102-85(90)70-64-58-52-46-45-48-54-60-66-78(6)10-4)74-96-82(87)67-61-55-49-42-38-22-20-18-16-14-12-8-2/h77-81,86H,7-76H2,1-6H3,(H,91,92)(H,93,94)/t77?,78?,79-,80-,81-/m1/s1. The summed E-state index contributed by atoms with van der Waals surface area (Å²) in [5.74, 6) is -0.463. The second-order valence-electron chi connectivity index (χ2n) is 31.1. The molecule has 104 heavy (non-hydrogen) atoms. The second kappa shape index (κ2) is 76.4. The Morgan fingerprint density at radius 2 is 0.462 bits per heavy atom. The minimum Gasteiger partial charge on any atom is -0.462 e. The number of hydrogen-bond acceptors (Lipinski definition) is 15. The molecule has 618 valence electrons. The minimum absolute atomic E-state index is 0.106. The van der Waals surface area contributed by atoms with E-state index >= 15 is 0 Å². The summed E-state index contributed by atoms with van der Waals surface area (Å²) < 4.78 is 68.8. The topological polar surface area (TPSA) is 237 Å². The van der Waals surface area contributed by atoms with Crippen molar-refractivity contribution in [2.24, 2.45) is 11.8 Å². The van der Waals surface area contributed by atoms with Gasteiger partial charge in [-0.3, -0.25) is 37.3 Å². The van der Waals surface area contributed by atoms with Gasteiger partial charge in [-0.05, 0) is 37.5 Å². The first-order valence-electron chi connectivity index (χ1n) is 44.1. The number of phosphoric acid groups is 2. The first-order valence-corrected chi connectivity index (χ1v) is 47.1. The Morgan fingerprint density at radius 3 is 0.683 bits per heavy atom. The zero-order valence-corrected chi connectivity index (χ0v) is 70.1. The molecule has 0 saturated carbocycles. The van der Waals surface area contributed by atoms with Gasteiger partial charge in [-0.1, -0.05) is 401 Å². The Bertz CT molecular complexity index is 2000. The lowest BCUT2D eigenvalue weighted by Gasteiger charge is -2.21. The van der Waals surface area contributed by atoms with Crippen LogP contribution in [0.4, 0.5) is 0 Å². The Hall–Kier alpha value is -1.94. The van der Waals surface area contributed by atoms with Crippen molar-refractivity contribution in [3.05, 3.63) is 0 Å². The molecule has 0 heterocycles. The van der Waals surface area contributed by atoms with Crippen molar-refractivity contribution < 1.29 is 80.2 Å². The highest BCUT2D eigenvalue weighted by Crippen LogP contribution is 2.45. The molecule has 0 aromatic heterocycles. The monoisotopic (exact) mass is 1520 g/mol. The highest BCUT2D eigenvalue weighted by atomic mass is 31.2. The highest BCUT2D eigenvalue weighted by molar-refractivity contribution is 7.47. The van der Waals surface area contributed by atoms with Gasteiger partial charge in [0, 0.05) is 25.7 Å². The Balaban J connectivity index is 5.23. The number of unbranched alkanes of at least 4 members (excludes halogenated alkanes) is 52. The van der Waals surface area contributed by atoms with Gasteiger partial charge in [0.1, 0.15) is 19.3 Å². The first-order chi connectivity index (χ1) is 50.4. The molecule has 7 atom stereocenters. The van der Waals surface area contributed by atoms with E-state index < -0.39 is 97.5 Å². The third-order valence-corrected chi connectivity index (χ3v) is 22.6. The summed E-state index contributed by atoms with van der Waals surface area (Å²) in [4.78, 5) is 73.2. The zero-order chi connectivity index (χ0) is 76.4. The Kier molecular flexibility index (Phi) is 75.0. The third kappa shape index (κ3) is 75.5. The van der Waals surface area contributed by atoms with Gasteiger partial charge in [0.15, 0.2) is 12.2 Å². The number of carbonyl (C=O) groups excluding carboxylic acids is 4. The molecule has 17 nitrogen and oxygen atoms in total. The average Bonchev–Trinajstić information content (AvgIpc) is 0.942. The number of carbonyl (C=O) groups is 4. The summed E-state index contributed by atoms with van der Waals surface area (Å²) >= 11 is 0. The molecule has 0 bridgehead atoms. The minimum atomic E-state index is -4.97. The smallest absolute Gasteiger partial charge is 0.462 e. The molecule has 19 heteroatoms. The molecule has 0 aliphatic carbocycles. The summed E-state index contributed by atoms with van der Waals surface area (Å²) in [7, 11) is -9.93. The van der Waals surface area contributed by atoms with Crippen LogP contribution in [0, 0.1) is 11.8 Å². The van der Waals surface area contributed by atoms with E-state index in [1.807, 2.05) is 0 Å². The van der Waals surface area contributed by atoms with Crippen molar-refractivity contribution in [1.29, 1.82) is 0 Å². The van der Waals surface area contributed by atoms with Crippen molar-refractivity contribution in [3.63, 3.8) is 0 Å². The van der Waals surface area contributed by atoms with E-state index in [0.717, 1.165) is 102 Å². The molecular weight excluding hydrogens is 1350 g/mol. The lowest BCUT2D eigenvalue weighted by molar-refractivity contribution is -0.161. The fraction of sp³-hybridized carbons (Fsp3) is 0.953. The van der Waals surface area contributed by atoms with Crippen LogP contribution < -0.4 is 0 Å². The summed E-state index contributed by atoms with van der Waals surface area (Å²) in [5.41, 5.74) is 0. The molecule has 0 rings (SSSR count). The van der Waals surface area contributed by atoms with Gasteiger partial charge >= 0.3 is 39.5 Å². The zero-order valence-electron chi connectivity index (χ0n) is 68.3. The van der Waals surface area contributed by atoms with Crippen molar-refractivity contribution in [2.75, 3.05) is 39.6 Å². The number of rotatable bonds is 84. The SMILES string of the molecule is CCCCCCCCCCCCCCCCCCCCC(=O)OC[C@H](COP(=O)(O)OC[C@@H](O)COP(=O)(O)OC[C@@H](COC(=O)CCCCCCCCCCCCCC)OC(=O)CCCCCCCCCCC(C)CC)OC(=O)CCCCCCCCCCCCCCCCCCCCC(C)CC. The second-order valence-corrected chi connectivity index (χ2v) is 34.0. The van der Waals surface area contributed by atoms with E-state index in [1.54, 1.807) is 0 Å². The molecule has 0 spiro atoms. The van der Waals surface area contributed by atoms with Crippen LogP contribution in [0.15, 0.2) is 0 Å². The normalized spacial score (nSPS) is 14.4. The number of aliphatic hydroxyl groups excluding tert-OH is 1. The van der Waals surface area contributed by atoms with E-state index in [9.17, 15) is 43.2 Å². The quantitative estimate of drug-likeness (QED) is 0.0222. The van der Waals surface area contributed by atoms with Gasteiger partial charge in [0.25, 0.3) is 0 Å². The summed E-state index contributed by atoms with van der Waals surface area (Å²) in [6.45, 7) is 9.72. The predicted molar refractivity (Wildman–Crippen MR) is 428 cm³/mol. The lowest BCUT2D eigenvalue weighted by Crippen LogP contribution is -2.30. The number of aliphatic hydroxyl groups is 1. The van der Waals surface area contributed by atoms with E-state index in [4.69, 9.17) is 37.0 Å². The largest absolute Gasteiger partial charge is 0.472 e. The molecule has 0 aliphatic rings. The average molecular weight is 1520 g/mol. The number of esters is 4. The summed E-state index contributed by atoms with van der Waals surface area (Å²) in [6, 6.07) is 0. The Morgan fingerprint density at radius 1 is 0.269 bits per heavy atom. The van der Waals surface area contributed by atoms with Gasteiger partial charge in [0.2, 0.25) is 0 Å². The van der Waals surface area contributed by atoms with Crippen LogP contribution in [0.25, 0.3) is 0 Å². The van der Waals surface area contributed by atoms with Crippen LogP contribution >= 0.6 is 15.6 Å². The van der Waals surface area contributed by atoms with Crippen LogP contribution in [0.5, 0.6) is 0 Å². The van der Waals surface area contributed by atoms with E-state index in [1.165, 1.54) is 270 Å². The van der Waals surface area contributed by atoms with Gasteiger partial charge in [-0.25, -0.2) is 9.13 Å². The molecule has 3 N–H and O–H groups in total. The van der Waals surface area contributed by atoms with Crippen molar-refractivity contribution in [3.8, 4) is 0 Å². The van der Waals surface area contributed by atoms with Crippen molar-refractivity contribution >= 4 is 39.5 Å². The van der Waals surface area contributed by atoms with Crippen molar-refractivity contribution in [1.82, 2.24) is 0 Å². The maximum atomic E-state index is 13.1. The number of hydrogen-bond donors (Lipinski definition) is 3. The maximum absolute atomic E-state index is 13.1. The molecule has 0 aromatic carbocycles. The first kappa shape index (κ1) is 102. The molecule has 0 aromatic rings. The van der Waals surface area contributed by atoms with Gasteiger partial charge in [-0.2, -0.15) is 0 Å². The van der Waals surface area contributed by atoms with Crippen LogP contribution in [0.3, 0.4) is 0 Å². The lowest BCUT2D eigenvalue weighted by atomic mass is 9.99. The molecule has 0 aliphatic heterocycles. The number of phosphoric ester groups is 2. The highest BCUT2D eigenvalue weighted by Gasteiger charge is 2.30. The molecule has 0 fully saturated rings. The van der Waals surface area contributed by atoms with Crippen LogP contribution in [0.1, 0.15) is 452 Å². The fourth-order valence-corrected chi connectivity index (χ4v) is 14.8. The van der Waals surface area contributed by atoms with Crippen molar-refractivity contribution in [2.45, 2.75) is 471 Å². The summed E-state index contributed by atoms with van der Waals surface area (Å²) in [5, 5.41) is 10.7.